The molecule has 1 aromatic heterocycles. The first-order valence-electron chi connectivity index (χ1n) is 6.29. The van der Waals surface area contributed by atoms with Crippen LogP contribution in [0.1, 0.15) is 42.4 Å². The summed E-state index contributed by atoms with van der Waals surface area (Å²) in [4.78, 5) is 11.3. The van der Waals surface area contributed by atoms with Gasteiger partial charge in [0.25, 0.3) is 0 Å². The summed E-state index contributed by atoms with van der Waals surface area (Å²) in [5.41, 5.74) is 3.54. The normalized spacial score (nSPS) is 15.7. The van der Waals surface area contributed by atoms with E-state index in [1.165, 1.54) is 16.9 Å². The van der Waals surface area contributed by atoms with Crippen LogP contribution < -0.4 is 0 Å². The van der Waals surface area contributed by atoms with Crippen LogP contribution in [0.3, 0.4) is 0 Å². The van der Waals surface area contributed by atoms with Gasteiger partial charge in [-0.15, -0.1) is 11.3 Å². The van der Waals surface area contributed by atoms with Crippen molar-refractivity contribution in [2.75, 3.05) is 0 Å². The smallest absolute Gasteiger partial charge is 0.345 e. The van der Waals surface area contributed by atoms with E-state index in [4.69, 9.17) is 5.11 Å². The summed E-state index contributed by atoms with van der Waals surface area (Å²) >= 11 is 1.27. The molecule has 2 nitrogen and oxygen atoms in total. The summed E-state index contributed by atoms with van der Waals surface area (Å²) in [5.74, 6) is -0.858. The molecule has 1 aromatic rings. The highest BCUT2D eigenvalue weighted by atomic mass is 32.1. The van der Waals surface area contributed by atoms with Gasteiger partial charge >= 0.3 is 5.97 Å². The predicted molar refractivity (Wildman–Crippen MR) is 80.6 cm³/mol. The number of hydrogen-bond acceptors (Lipinski definition) is 2. The summed E-state index contributed by atoms with van der Waals surface area (Å²) in [6.07, 6.45) is 9.47. The maximum atomic E-state index is 10.9. The third kappa shape index (κ3) is 3.24. The van der Waals surface area contributed by atoms with Crippen LogP contribution >= 0.6 is 11.3 Å². The zero-order valence-electron chi connectivity index (χ0n) is 11.4. The molecule has 0 aliphatic heterocycles. The number of carbonyl (C=O) groups is 1. The van der Waals surface area contributed by atoms with Gasteiger partial charge in [0, 0.05) is 0 Å². The molecule has 0 amide bonds. The fourth-order valence-electron chi connectivity index (χ4n) is 2.00. The molecule has 100 valence electrons. The molecule has 1 N–H and O–H groups in total. The van der Waals surface area contributed by atoms with Gasteiger partial charge in [0.15, 0.2) is 0 Å². The van der Waals surface area contributed by atoms with Crippen molar-refractivity contribution in [2.45, 2.75) is 27.2 Å². The number of carboxylic acids is 1. The SMILES string of the molecule is CC(C)(C)C1=CCC=C(c2csc(C(=O)O)c2)C=C1. The first-order valence-corrected chi connectivity index (χ1v) is 7.17. The number of carboxylic acid groups (broad SMARTS) is 1. The Balaban J connectivity index is 2.24. The molecule has 1 heterocycles. The molecular formula is C16H18O2S. The average molecular weight is 274 g/mol. The third-order valence-electron chi connectivity index (χ3n) is 3.13. The molecule has 0 spiro atoms. The highest BCUT2D eigenvalue weighted by Gasteiger charge is 2.16. The molecule has 0 unspecified atom stereocenters. The fraction of sp³-hybridized carbons (Fsp3) is 0.312. The van der Waals surface area contributed by atoms with Gasteiger partial charge in [-0.05, 0) is 40.0 Å². The number of aromatic carboxylic acids is 1. The van der Waals surface area contributed by atoms with Gasteiger partial charge < -0.3 is 5.11 Å². The maximum Gasteiger partial charge on any atom is 0.345 e. The Hall–Kier alpha value is -1.61. The molecule has 2 rings (SSSR count). The molecule has 0 bridgehead atoms. The van der Waals surface area contributed by atoms with Crippen LogP contribution in [0.5, 0.6) is 0 Å². The molecule has 0 atom stereocenters. The molecule has 0 saturated carbocycles. The molecular weight excluding hydrogens is 256 g/mol. The van der Waals surface area contributed by atoms with E-state index in [1.807, 2.05) is 5.38 Å². The monoisotopic (exact) mass is 274 g/mol. The third-order valence-corrected chi connectivity index (χ3v) is 4.05. The topological polar surface area (TPSA) is 37.3 Å². The zero-order valence-corrected chi connectivity index (χ0v) is 12.3. The molecule has 1 aliphatic rings. The lowest BCUT2D eigenvalue weighted by atomic mass is 9.86. The number of hydrogen-bond donors (Lipinski definition) is 1. The highest BCUT2D eigenvalue weighted by Crippen LogP contribution is 2.31. The lowest BCUT2D eigenvalue weighted by molar-refractivity contribution is 0.0702. The largest absolute Gasteiger partial charge is 0.477 e. The molecule has 0 saturated heterocycles. The van der Waals surface area contributed by atoms with Gasteiger partial charge in [-0.3, -0.25) is 0 Å². The number of thiophene rings is 1. The highest BCUT2D eigenvalue weighted by molar-refractivity contribution is 7.12. The summed E-state index contributed by atoms with van der Waals surface area (Å²) < 4.78 is 0. The first kappa shape index (κ1) is 13.8. The standard InChI is InChI=1S/C16H18O2S/c1-16(2,3)13-6-4-5-11(7-8-13)12-9-14(15(17)18)19-10-12/h5-10H,4H2,1-3H3,(H,17,18). The van der Waals surface area contributed by atoms with Gasteiger partial charge in [0.05, 0.1) is 0 Å². The van der Waals surface area contributed by atoms with Gasteiger partial charge in [-0.2, -0.15) is 0 Å². The Morgan fingerprint density at radius 2 is 2.00 bits per heavy atom. The van der Waals surface area contributed by atoms with Gasteiger partial charge in [0.2, 0.25) is 0 Å². The minimum absolute atomic E-state index is 0.140. The molecule has 3 heteroatoms. The van der Waals surface area contributed by atoms with Crippen molar-refractivity contribution in [3.8, 4) is 0 Å². The van der Waals surface area contributed by atoms with Crippen LogP contribution in [0, 0.1) is 5.41 Å². The van der Waals surface area contributed by atoms with Crippen LogP contribution in [0.4, 0.5) is 0 Å². The average Bonchev–Trinajstić information content (AvgIpc) is 2.66. The van der Waals surface area contributed by atoms with Crippen molar-refractivity contribution in [3.63, 3.8) is 0 Å². The van der Waals surface area contributed by atoms with Crippen LogP contribution in [-0.2, 0) is 0 Å². The van der Waals surface area contributed by atoms with Crippen LogP contribution in [-0.4, -0.2) is 11.1 Å². The predicted octanol–water partition coefficient (Wildman–Crippen LogP) is 4.76. The van der Waals surface area contributed by atoms with Crippen LogP contribution in [0.2, 0.25) is 0 Å². The van der Waals surface area contributed by atoms with Crippen molar-refractivity contribution in [2.24, 2.45) is 5.41 Å². The second-order valence-electron chi connectivity index (χ2n) is 5.64. The Morgan fingerprint density at radius 1 is 1.26 bits per heavy atom. The zero-order chi connectivity index (χ0) is 14.0. The van der Waals surface area contributed by atoms with E-state index >= 15 is 0 Å². The second kappa shape index (κ2) is 5.17. The molecule has 0 radical (unpaired) electrons. The van der Waals surface area contributed by atoms with Crippen molar-refractivity contribution in [1.82, 2.24) is 0 Å². The van der Waals surface area contributed by atoms with E-state index in [9.17, 15) is 4.79 Å². The van der Waals surface area contributed by atoms with E-state index in [0.717, 1.165) is 17.6 Å². The molecule has 1 aliphatic carbocycles. The van der Waals surface area contributed by atoms with Crippen molar-refractivity contribution >= 4 is 22.9 Å². The van der Waals surface area contributed by atoms with E-state index in [-0.39, 0.29) is 5.41 Å². The summed E-state index contributed by atoms with van der Waals surface area (Å²) in [6, 6.07) is 1.74. The fourth-order valence-corrected chi connectivity index (χ4v) is 2.75. The molecule has 0 aromatic carbocycles. The van der Waals surface area contributed by atoms with E-state index in [1.54, 1.807) is 6.07 Å². The Bertz CT molecular complexity index is 580. The maximum absolute atomic E-state index is 10.9. The minimum Gasteiger partial charge on any atom is -0.477 e. The Morgan fingerprint density at radius 3 is 2.58 bits per heavy atom. The number of rotatable bonds is 2. The van der Waals surface area contributed by atoms with Crippen molar-refractivity contribution in [1.29, 1.82) is 0 Å². The second-order valence-corrected chi connectivity index (χ2v) is 6.55. The Kier molecular flexibility index (Phi) is 3.76. The quantitative estimate of drug-likeness (QED) is 0.844. The van der Waals surface area contributed by atoms with Gasteiger partial charge in [-0.1, -0.05) is 45.1 Å². The van der Waals surface area contributed by atoms with Crippen molar-refractivity contribution < 1.29 is 9.90 Å². The molecule has 0 fully saturated rings. The van der Waals surface area contributed by atoms with Gasteiger partial charge in [0.1, 0.15) is 4.88 Å². The van der Waals surface area contributed by atoms with E-state index in [2.05, 4.69) is 45.1 Å². The number of allylic oxidation sites excluding steroid dienone is 6. The first-order chi connectivity index (χ1) is 8.88. The lowest BCUT2D eigenvalue weighted by Gasteiger charge is -2.19. The van der Waals surface area contributed by atoms with Crippen LogP contribution in [0.25, 0.3) is 5.57 Å². The van der Waals surface area contributed by atoms with Gasteiger partial charge in [-0.25, -0.2) is 4.79 Å². The summed E-state index contributed by atoms with van der Waals surface area (Å²) in [5, 5.41) is 10.9. The summed E-state index contributed by atoms with van der Waals surface area (Å²) in [7, 11) is 0. The Labute approximate surface area is 117 Å². The van der Waals surface area contributed by atoms with Crippen molar-refractivity contribution in [3.05, 3.63) is 51.8 Å². The van der Waals surface area contributed by atoms with Crippen LogP contribution in [0.15, 0.2) is 41.3 Å². The molecule has 19 heavy (non-hydrogen) atoms. The lowest BCUT2D eigenvalue weighted by Crippen LogP contribution is -2.06. The van der Waals surface area contributed by atoms with E-state index < -0.39 is 5.97 Å². The van der Waals surface area contributed by atoms with E-state index in [0.29, 0.717) is 4.88 Å². The summed E-state index contributed by atoms with van der Waals surface area (Å²) in [6.45, 7) is 6.59. The minimum atomic E-state index is -0.858.